The number of aromatic carboxylic acids is 1. The fraction of sp³-hybridized carbons (Fsp3) is 0.296. The lowest BCUT2D eigenvalue weighted by Gasteiger charge is -2.46. The summed E-state index contributed by atoms with van der Waals surface area (Å²) in [6.45, 7) is 1.02. The molecule has 2 bridgehead atoms. The molecule has 5 heteroatoms. The Morgan fingerprint density at radius 2 is 1.53 bits per heavy atom. The molecule has 0 radical (unpaired) electrons. The molecule has 0 spiro atoms. The number of ether oxygens (including phenoxy) is 1. The van der Waals surface area contributed by atoms with E-state index in [9.17, 15) is 9.90 Å². The van der Waals surface area contributed by atoms with Crippen LogP contribution in [0.1, 0.15) is 41.6 Å². The van der Waals surface area contributed by atoms with E-state index >= 15 is 0 Å². The molecule has 0 saturated carbocycles. The average molecular weight is 427 g/mol. The topological polar surface area (TPSA) is 53.0 Å². The third-order valence-electron chi connectivity index (χ3n) is 7.24. The Labute approximate surface area is 187 Å². The van der Waals surface area contributed by atoms with Crippen molar-refractivity contribution < 1.29 is 14.6 Å². The summed E-state index contributed by atoms with van der Waals surface area (Å²) in [5, 5.41) is 9.45. The Morgan fingerprint density at radius 3 is 2.28 bits per heavy atom. The second-order valence-electron chi connectivity index (χ2n) is 9.10. The summed E-state index contributed by atoms with van der Waals surface area (Å²) >= 11 is 0. The first-order valence-corrected chi connectivity index (χ1v) is 11.4. The second kappa shape index (κ2) is 7.68. The molecule has 3 heterocycles. The van der Waals surface area contributed by atoms with Crippen LogP contribution < -0.4 is 9.64 Å². The quantitative estimate of drug-likeness (QED) is 0.569. The number of para-hydroxylation sites is 2. The van der Waals surface area contributed by atoms with E-state index in [1.165, 1.54) is 18.4 Å². The van der Waals surface area contributed by atoms with Gasteiger partial charge in [-0.2, -0.15) is 0 Å². The van der Waals surface area contributed by atoms with Crippen LogP contribution in [0.3, 0.4) is 0 Å². The van der Waals surface area contributed by atoms with Crippen LogP contribution in [0.4, 0.5) is 11.4 Å². The van der Waals surface area contributed by atoms with Gasteiger partial charge >= 0.3 is 5.97 Å². The molecule has 2 saturated heterocycles. The number of carbonyl (C=O) groups is 1. The number of hydrogen-bond donors (Lipinski definition) is 1. The van der Waals surface area contributed by atoms with Crippen molar-refractivity contribution in [3.63, 3.8) is 0 Å². The van der Waals surface area contributed by atoms with Gasteiger partial charge in [0.05, 0.1) is 16.9 Å². The van der Waals surface area contributed by atoms with Crippen LogP contribution in [-0.4, -0.2) is 34.1 Å². The number of fused-ring (bicyclic) bond motifs is 4. The minimum Gasteiger partial charge on any atom is -0.478 e. The summed E-state index contributed by atoms with van der Waals surface area (Å²) in [5.74, 6) is 0.485. The lowest BCUT2D eigenvalue weighted by molar-refractivity contribution is 0.0696. The Hall–Kier alpha value is -3.31. The number of carboxylic acids is 1. The number of piperidine rings is 1. The summed E-state index contributed by atoms with van der Waals surface area (Å²) in [6, 6.07) is 25.6. The normalized spacial score (nSPS) is 23.9. The molecule has 2 atom stereocenters. The van der Waals surface area contributed by atoms with Gasteiger partial charge in [0.2, 0.25) is 0 Å². The predicted octanol–water partition coefficient (Wildman–Crippen LogP) is 5.82. The third-order valence-corrected chi connectivity index (χ3v) is 7.24. The second-order valence-corrected chi connectivity index (χ2v) is 9.10. The fourth-order valence-corrected chi connectivity index (χ4v) is 5.82. The Balaban J connectivity index is 1.33. The molecule has 3 aromatic rings. The van der Waals surface area contributed by atoms with Crippen LogP contribution in [0.2, 0.25) is 0 Å². The summed E-state index contributed by atoms with van der Waals surface area (Å²) in [5.41, 5.74) is 3.67. The highest BCUT2D eigenvalue weighted by molar-refractivity contribution is 5.90. The monoisotopic (exact) mass is 426 g/mol. The zero-order valence-corrected chi connectivity index (χ0v) is 17.9. The van der Waals surface area contributed by atoms with Gasteiger partial charge in [0.25, 0.3) is 0 Å². The van der Waals surface area contributed by atoms with Gasteiger partial charge in [0.15, 0.2) is 11.5 Å². The summed E-state index contributed by atoms with van der Waals surface area (Å²) in [7, 11) is 0. The van der Waals surface area contributed by atoms with Gasteiger partial charge in [-0.3, -0.25) is 4.90 Å². The SMILES string of the molecule is O=C(O)c1ccc2c(c1)Oc1ccccc1N2C1CC2CCC(C1)N2Cc1ccccc1. The van der Waals surface area contributed by atoms with Crippen molar-refractivity contribution >= 4 is 17.3 Å². The molecular weight excluding hydrogens is 400 g/mol. The van der Waals surface area contributed by atoms with Gasteiger partial charge in [-0.15, -0.1) is 0 Å². The van der Waals surface area contributed by atoms with Crippen molar-refractivity contribution in [3.8, 4) is 11.5 Å². The first-order valence-electron chi connectivity index (χ1n) is 11.4. The predicted molar refractivity (Wildman–Crippen MR) is 124 cm³/mol. The number of carboxylic acid groups (broad SMARTS) is 1. The molecule has 1 N–H and O–H groups in total. The molecular formula is C27H26N2O3. The minimum absolute atomic E-state index is 0.251. The molecule has 3 aromatic carbocycles. The molecule has 2 unspecified atom stereocenters. The van der Waals surface area contributed by atoms with Gasteiger partial charge < -0.3 is 14.7 Å². The smallest absolute Gasteiger partial charge is 0.335 e. The zero-order chi connectivity index (χ0) is 21.7. The van der Waals surface area contributed by atoms with E-state index in [0.29, 0.717) is 23.9 Å². The van der Waals surface area contributed by atoms with Crippen LogP contribution in [0.5, 0.6) is 11.5 Å². The molecule has 0 aliphatic carbocycles. The van der Waals surface area contributed by atoms with Gasteiger partial charge in [-0.05, 0) is 61.6 Å². The Bertz CT molecular complexity index is 1150. The highest BCUT2D eigenvalue weighted by Gasteiger charge is 2.44. The maximum Gasteiger partial charge on any atom is 0.335 e. The molecule has 6 rings (SSSR count). The van der Waals surface area contributed by atoms with E-state index in [1.54, 1.807) is 12.1 Å². The zero-order valence-electron chi connectivity index (χ0n) is 17.9. The lowest BCUT2D eigenvalue weighted by Crippen LogP contribution is -2.49. The molecule has 3 aliphatic rings. The van der Waals surface area contributed by atoms with Gasteiger partial charge in [-0.25, -0.2) is 4.79 Å². The van der Waals surface area contributed by atoms with E-state index in [0.717, 1.165) is 36.5 Å². The van der Waals surface area contributed by atoms with Crippen molar-refractivity contribution in [1.29, 1.82) is 0 Å². The lowest BCUT2D eigenvalue weighted by atomic mass is 9.93. The molecule has 0 amide bonds. The Morgan fingerprint density at radius 1 is 0.844 bits per heavy atom. The van der Waals surface area contributed by atoms with Crippen molar-refractivity contribution in [2.24, 2.45) is 0 Å². The van der Waals surface area contributed by atoms with Crippen LogP contribution in [-0.2, 0) is 6.54 Å². The van der Waals surface area contributed by atoms with Crippen LogP contribution >= 0.6 is 0 Å². The number of benzene rings is 3. The van der Waals surface area contributed by atoms with Crippen molar-refractivity contribution in [3.05, 3.63) is 83.9 Å². The van der Waals surface area contributed by atoms with E-state index in [-0.39, 0.29) is 5.56 Å². The van der Waals surface area contributed by atoms with Crippen LogP contribution in [0, 0.1) is 0 Å². The van der Waals surface area contributed by atoms with Crippen molar-refractivity contribution in [2.45, 2.75) is 50.4 Å². The van der Waals surface area contributed by atoms with E-state index in [4.69, 9.17) is 4.74 Å². The number of anilines is 2. The third kappa shape index (κ3) is 3.24. The van der Waals surface area contributed by atoms with E-state index in [1.807, 2.05) is 24.3 Å². The van der Waals surface area contributed by atoms with E-state index < -0.39 is 5.97 Å². The first-order chi connectivity index (χ1) is 15.7. The highest BCUT2D eigenvalue weighted by atomic mass is 16.5. The van der Waals surface area contributed by atoms with Gasteiger partial charge in [-0.1, -0.05) is 42.5 Å². The van der Waals surface area contributed by atoms with Crippen molar-refractivity contribution in [1.82, 2.24) is 4.90 Å². The molecule has 0 aromatic heterocycles. The Kier molecular flexibility index (Phi) is 4.65. The standard InChI is InChI=1S/C27H26N2O3/c30-27(31)19-10-13-24-26(14-19)32-25-9-5-4-8-23(25)29(24)22-15-20-11-12-21(16-22)28(20)17-18-6-2-1-3-7-18/h1-10,13-14,20-22H,11-12,15-17H2,(H,30,31). The van der Waals surface area contributed by atoms with Gasteiger partial charge in [0, 0.05) is 24.7 Å². The largest absolute Gasteiger partial charge is 0.478 e. The molecule has 162 valence electrons. The van der Waals surface area contributed by atoms with Crippen LogP contribution in [0.15, 0.2) is 72.8 Å². The number of nitrogens with zero attached hydrogens (tertiary/aromatic N) is 2. The molecule has 3 aliphatic heterocycles. The fourth-order valence-electron chi connectivity index (χ4n) is 5.82. The number of rotatable bonds is 4. The average Bonchev–Trinajstić information content (AvgIpc) is 3.04. The first kappa shape index (κ1) is 19.4. The summed E-state index contributed by atoms with van der Waals surface area (Å²) in [4.78, 5) is 16.6. The van der Waals surface area contributed by atoms with Crippen LogP contribution in [0.25, 0.3) is 0 Å². The maximum atomic E-state index is 11.5. The molecule has 32 heavy (non-hydrogen) atoms. The van der Waals surface area contributed by atoms with E-state index in [2.05, 4.69) is 46.2 Å². The highest BCUT2D eigenvalue weighted by Crippen LogP contribution is 2.51. The maximum absolute atomic E-state index is 11.5. The summed E-state index contributed by atoms with van der Waals surface area (Å²) in [6.07, 6.45) is 4.67. The minimum atomic E-state index is -0.936. The van der Waals surface area contributed by atoms with Gasteiger partial charge in [0.1, 0.15) is 0 Å². The molecule has 5 nitrogen and oxygen atoms in total. The van der Waals surface area contributed by atoms with Crippen molar-refractivity contribution in [2.75, 3.05) is 4.90 Å². The summed E-state index contributed by atoms with van der Waals surface area (Å²) < 4.78 is 6.14. The molecule has 2 fully saturated rings. The number of hydrogen-bond acceptors (Lipinski definition) is 4.